The number of para-hydroxylation sites is 1. The Hall–Kier alpha value is -1.61. The zero-order chi connectivity index (χ0) is 11.1. The van der Waals surface area contributed by atoms with Crippen LogP contribution in [0.3, 0.4) is 0 Å². The van der Waals surface area contributed by atoms with Gasteiger partial charge in [-0.1, -0.05) is 24.3 Å². The Labute approximate surface area is 89.5 Å². The van der Waals surface area contributed by atoms with E-state index in [1.807, 2.05) is 18.2 Å². The molecule has 0 radical (unpaired) electrons. The number of ether oxygens (including phenoxy) is 1. The fourth-order valence-corrected chi connectivity index (χ4v) is 1.06. The summed E-state index contributed by atoms with van der Waals surface area (Å²) >= 11 is 0. The van der Waals surface area contributed by atoms with Gasteiger partial charge in [0.05, 0.1) is 0 Å². The van der Waals surface area contributed by atoms with Gasteiger partial charge in [0.1, 0.15) is 5.75 Å². The maximum atomic E-state index is 11.5. The van der Waals surface area contributed by atoms with Crippen LogP contribution in [-0.4, -0.2) is 12.5 Å². The van der Waals surface area contributed by atoms with E-state index in [4.69, 9.17) is 10.5 Å². The molecule has 3 heteroatoms. The summed E-state index contributed by atoms with van der Waals surface area (Å²) in [5.74, 6) is 0.234. The van der Waals surface area contributed by atoms with Crippen LogP contribution in [0.5, 0.6) is 5.75 Å². The van der Waals surface area contributed by atoms with E-state index in [1.54, 1.807) is 25.1 Å². The Kier molecular flexibility index (Phi) is 4.57. The number of hydrogen-bond donors (Lipinski definition) is 1. The highest BCUT2D eigenvalue weighted by Crippen LogP contribution is 2.10. The van der Waals surface area contributed by atoms with E-state index in [2.05, 4.69) is 0 Å². The number of carbonyl (C=O) groups excluding carboxylic acids is 1. The molecule has 1 aromatic rings. The molecule has 2 N–H and O–H groups in total. The van der Waals surface area contributed by atoms with Crippen LogP contribution in [0.1, 0.15) is 13.3 Å². The maximum absolute atomic E-state index is 11.5. The van der Waals surface area contributed by atoms with E-state index in [1.165, 1.54) is 0 Å². The second-order valence-electron chi connectivity index (χ2n) is 3.17. The SMILES string of the molecule is CC(=CCCN)C(=O)Oc1ccccc1. The molecular weight excluding hydrogens is 190 g/mol. The van der Waals surface area contributed by atoms with E-state index in [9.17, 15) is 4.79 Å². The molecule has 80 valence electrons. The summed E-state index contributed by atoms with van der Waals surface area (Å²) in [7, 11) is 0. The summed E-state index contributed by atoms with van der Waals surface area (Å²) in [4.78, 5) is 11.5. The molecule has 0 bridgehead atoms. The van der Waals surface area contributed by atoms with Crippen LogP contribution >= 0.6 is 0 Å². The third kappa shape index (κ3) is 3.95. The van der Waals surface area contributed by atoms with Crippen LogP contribution in [0, 0.1) is 0 Å². The minimum Gasteiger partial charge on any atom is -0.423 e. The highest BCUT2D eigenvalue weighted by Gasteiger charge is 2.05. The van der Waals surface area contributed by atoms with E-state index in [-0.39, 0.29) is 5.97 Å². The molecule has 0 unspecified atom stereocenters. The van der Waals surface area contributed by atoms with Crippen molar-refractivity contribution >= 4 is 5.97 Å². The van der Waals surface area contributed by atoms with Gasteiger partial charge in [0.2, 0.25) is 0 Å². The van der Waals surface area contributed by atoms with Crippen LogP contribution in [0.4, 0.5) is 0 Å². The summed E-state index contributed by atoms with van der Waals surface area (Å²) in [5, 5.41) is 0. The number of hydrogen-bond acceptors (Lipinski definition) is 3. The van der Waals surface area contributed by atoms with Crippen molar-refractivity contribution in [3.63, 3.8) is 0 Å². The lowest BCUT2D eigenvalue weighted by Crippen LogP contribution is -2.09. The molecule has 0 aliphatic rings. The Morgan fingerprint density at radius 3 is 2.67 bits per heavy atom. The van der Waals surface area contributed by atoms with Gasteiger partial charge in [-0.05, 0) is 32.0 Å². The minimum atomic E-state index is -0.324. The van der Waals surface area contributed by atoms with E-state index in [0.717, 1.165) is 0 Å². The summed E-state index contributed by atoms with van der Waals surface area (Å²) in [5.41, 5.74) is 5.92. The van der Waals surface area contributed by atoms with Crippen molar-refractivity contribution in [3.05, 3.63) is 42.0 Å². The number of nitrogens with two attached hydrogens (primary N) is 1. The van der Waals surface area contributed by atoms with Gasteiger partial charge in [-0.25, -0.2) is 4.79 Å². The lowest BCUT2D eigenvalue weighted by Gasteiger charge is -2.03. The van der Waals surface area contributed by atoms with Crippen molar-refractivity contribution in [1.29, 1.82) is 0 Å². The Morgan fingerprint density at radius 1 is 1.40 bits per heavy atom. The number of benzene rings is 1. The van der Waals surface area contributed by atoms with Gasteiger partial charge in [0.25, 0.3) is 0 Å². The van der Waals surface area contributed by atoms with Crippen molar-refractivity contribution in [2.75, 3.05) is 6.54 Å². The van der Waals surface area contributed by atoms with Gasteiger partial charge in [-0.2, -0.15) is 0 Å². The highest BCUT2D eigenvalue weighted by molar-refractivity contribution is 5.89. The first-order chi connectivity index (χ1) is 7.24. The summed E-state index contributed by atoms with van der Waals surface area (Å²) in [6, 6.07) is 9.00. The minimum absolute atomic E-state index is 0.324. The first-order valence-electron chi connectivity index (χ1n) is 4.88. The van der Waals surface area contributed by atoms with Crippen molar-refractivity contribution in [3.8, 4) is 5.75 Å². The van der Waals surface area contributed by atoms with Gasteiger partial charge in [-0.15, -0.1) is 0 Å². The van der Waals surface area contributed by atoms with Gasteiger partial charge >= 0.3 is 5.97 Å². The molecule has 0 aromatic heterocycles. The van der Waals surface area contributed by atoms with Crippen LogP contribution in [0.2, 0.25) is 0 Å². The molecule has 0 spiro atoms. The van der Waals surface area contributed by atoms with Crippen molar-refractivity contribution in [2.45, 2.75) is 13.3 Å². The normalized spacial score (nSPS) is 11.2. The van der Waals surface area contributed by atoms with Crippen LogP contribution in [0.15, 0.2) is 42.0 Å². The second kappa shape index (κ2) is 5.98. The third-order valence-electron chi connectivity index (χ3n) is 1.89. The fraction of sp³-hybridized carbons (Fsp3) is 0.250. The second-order valence-corrected chi connectivity index (χ2v) is 3.17. The first kappa shape index (κ1) is 11.5. The molecule has 3 nitrogen and oxygen atoms in total. The van der Waals surface area contributed by atoms with Crippen LogP contribution in [0.25, 0.3) is 0 Å². The molecule has 0 saturated heterocycles. The Bertz CT molecular complexity index is 344. The molecule has 0 aliphatic heterocycles. The molecule has 0 heterocycles. The summed E-state index contributed by atoms with van der Waals surface area (Å²) < 4.78 is 5.13. The van der Waals surface area contributed by atoms with E-state index in [0.29, 0.717) is 24.3 Å². The largest absolute Gasteiger partial charge is 0.423 e. The van der Waals surface area contributed by atoms with Crippen LogP contribution in [-0.2, 0) is 4.79 Å². The van der Waals surface area contributed by atoms with E-state index >= 15 is 0 Å². The summed E-state index contributed by atoms with van der Waals surface area (Å²) in [6.07, 6.45) is 2.47. The first-order valence-corrected chi connectivity index (χ1v) is 4.88. The third-order valence-corrected chi connectivity index (χ3v) is 1.89. The fourth-order valence-electron chi connectivity index (χ4n) is 1.06. The molecule has 0 aliphatic carbocycles. The van der Waals surface area contributed by atoms with E-state index < -0.39 is 0 Å². The molecule has 15 heavy (non-hydrogen) atoms. The van der Waals surface area contributed by atoms with Gasteiger partial charge in [0, 0.05) is 5.57 Å². The van der Waals surface area contributed by atoms with Crippen LogP contribution < -0.4 is 10.5 Å². The Balaban J connectivity index is 2.56. The monoisotopic (exact) mass is 205 g/mol. The van der Waals surface area contributed by atoms with Gasteiger partial charge < -0.3 is 10.5 Å². The maximum Gasteiger partial charge on any atom is 0.338 e. The molecular formula is C12H15NO2. The lowest BCUT2D eigenvalue weighted by molar-refractivity contribution is -0.130. The average molecular weight is 205 g/mol. The summed E-state index contributed by atoms with van der Waals surface area (Å²) in [6.45, 7) is 2.26. The molecule has 0 saturated carbocycles. The van der Waals surface area contributed by atoms with Crippen molar-refractivity contribution in [2.24, 2.45) is 5.73 Å². The topological polar surface area (TPSA) is 52.3 Å². The highest BCUT2D eigenvalue weighted by atomic mass is 16.5. The predicted octanol–water partition coefficient (Wildman–Crippen LogP) is 1.89. The molecule has 1 rings (SSSR count). The van der Waals surface area contributed by atoms with Gasteiger partial charge in [-0.3, -0.25) is 0 Å². The van der Waals surface area contributed by atoms with Crippen molar-refractivity contribution in [1.82, 2.24) is 0 Å². The predicted molar refractivity (Wildman–Crippen MR) is 59.5 cm³/mol. The number of rotatable bonds is 4. The molecule has 0 atom stereocenters. The zero-order valence-corrected chi connectivity index (χ0v) is 8.77. The van der Waals surface area contributed by atoms with Crippen molar-refractivity contribution < 1.29 is 9.53 Å². The molecule has 0 fully saturated rings. The zero-order valence-electron chi connectivity index (χ0n) is 8.77. The molecule has 1 aromatic carbocycles. The van der Waals surface area contributed by atoms with Gasteiger partial charge in [0.15, 0.2) is 0 Å². The standard InChI is InChI=1S/C12H15NO2/c1-10(6-5-9-13)12(14)15-11-7-3-2-4-8-11/h2-4,6-8H,5,9,13H2,1H3. The smallest absolute Gasteiger partial charge is 0.338 e. The lowest BCUT2D eigenvalue weighted by atomic mass is 10.2. The Morgan fingerprint density at radius 2 is 2.07 bits per heavy atom. The number of esters is 1. The molecule has 0 amide bonds. The quantitative estimate of drug-likeness (QED) is 0.464. The number of carbonyl (C=O) groups is 1. The average Bonchev–Trinajstić information content (AvgIpc) is 2.27.